The number of carbonyl (C=O) groups is 1. The molecule has 0 spiro atoms. The molecule has 0 N–H and O–H groups in total. The third kappa shape index (κ3) is 3.04. The lowest BCUT2D eigenvalue weighted by Gasteiger charge is -2.34. The van der Waals surface area contributed by atoms with Crippen LogP contribution in [-0.4, -0.2) is 61.5 Å². The Morgan fingerprint density at radius 3 is 2.79 bits per heavy atom. The van der Waals surface area contributed by atoms with E-state index in [1.165, 1.54) is 4.70 Å². The molecular weight excluding hydrogens is 372 g/mol. The molecule has 8 heteroatoms. The zero-order valence-electron chi connectivity index (χ0n) is 15.6. The summed E-state index contributed by atoms with van der Waals surface area (Å²) in [5.74, 6) is 0.0193. The first-order valence-electron chi connectivity index (χ1n) is 9.35. The number of aryl methyl sites for hydroxylation is 1. The number of rotatable bonds is 3. The summed E-state index contributed by atoms with van der Waals surface area (Å²) in [6.45, 7) is 5.78. The van der Waals surface area contributed by atoms with Gasteiger partial charge in [-0.3, -0.25) is 9.69 Å². The predicted molar refractivity (Wildman–Crippen MR) is 109 cm³/mol. The van der Waals surface area contributed by atoms with Crippen LogP contribution in [0.3, 0.4) is 0 Å². The summed E-state index contributed by atoms with van der Waals surface area (Å²) in [4.78, 5) is 26.4. The second-order valence-corrected chi connectivity index (χ2v) is 8.11. The molecule has 142 valence electrons. The van der Waals surface area contributed by atoms with Crippen LogP contribution in [0.25, 0.3) is 15.9 Å². The van der Waals surface area contributed by atoms with E-state index >= 15 is 0 Å². The molecule has 4 aromatic rings. The maximum absolute atomic E-state index is 13.1. The molecule has 1 saturated heterocycles. The Balaban J connectivity index is 1.27. The summed E-state index contributed by atoms with van der Waals surface area (Å²) in [6, 6.07) is 10.0. The van der Waals surface area contributed by atoms with Crippen molar-refractivity contribution in [2.75, 3.05) is 26.2 Å². The SMILES string of the molecule is Cc1nn2cccnc2c1C(=O)N1CCN(Cc2nc3ccccc3s2)CC1. The number of piperazine rings is 1. The molecule has 0 unspecified atom stereocenters. The maximum Gasteiger partial charge on any atom is 0.259 e. The third-order valence-corrected chi connectivity index (χ3v) is 6.16. The second-order valence-electron chi connectivity index (χ2n) is 6.99. The van der Waals surface area contributed by atoms with Gasteiger partial charge in [0.1, 0.15) is 10.6 Å². The highest BCUT2D eigenvalue weighted by atomic mass is 32.1. The quantitative estimate of drug-likeness (QED) is 0.536. The van der Waals surface area contributed by atoms with Crippen LogP contribution in [0.1, 0.15) is 21.1 Å². The summed E-state index contributed by atoms with van der Waals surface area (Å²) in [5, 5.41) is 5.54. The van der Waals surface area contributed by atoms with Crippen molar-refractivity contribution in [2.24, 2.45) is 0 Å². The van der Waals surface area contributed by atoms with Crippen molar-refractivity contribution >= 4 is 33.1 Å². The predicted octanol–water partition coefficient (Wildman–Crippen LogP) is 2.61. The molecule has 5 rings (SSSR count). The van der Waals surface area contributed by atoms with Crippen molar-refractivity contribution in [3.63, 3.8) is 0 Å². The van der Waals surface area contributed by atoms with Gasteiger partial charge in [-0.25, -0.2) is 14.5 Å². The van der Waals surface area contributed by atoms with E-state index in [-0.39, 0.29) is 5.91 Å². The molecule has 0 aliphatic carbocycles. The van der Waals surface area contributed by atoms with Gasteiger partial charge in [0.05, 0.1) is 22.5 Å². The molecular formula is C20H20N6OS. The summed E-state index contributed by atoms with van der Waals surface area (Å²) < 4.78 is 2.90. The average Bonchev–Trinajstić information content (AvgIpc) is 3.27. The van der Waals surface area contributed by atoms with Crippen LogP contribution in [0, 0.1) is 6.92 Å². The van der Waals surface area contributed by atoms with Gasteiger partial charge in [0.25, 0.3) is 5.91 Å². The van der Waals surface area contributed by atoms with Gasteiger partial charge in [-0.15, -0.1) is 11.3 Å². The Morgan fingerprint density at radius 2 is 1.96 bits per heavy atom. The Bertz CT molecular complexity index is 1120. The van der Waals surface area contributed by atoms with Gasteiger partial charge in [0.15, 0.2) is 5.65 Å². The molecule has 0 radical (unpaired) electrons. The van der Waals surface area contributed by atoms with E-state index in [1.807, 2.05) is 36.2 Å². The fourth-order valence-electron chi connectivity index (χ4n) is 3.69. The van der Waals surface area contributed by atoms with E-state index in [0.29, 0.717) is 24.3 Å². The highest BCUT2D eigenvalue weighted by Gasteiger charge is 2.27. The minimum atomic E-state index is 0.0193. The van der Waals surface area contributed by atoms with Crippen LogP contribution in [0.4, 0.5) is 0 Å². The Kier molecular flexibility index (Phi) is 4.29. The number of benzene rings is 1. The average molecular weight is 392 g/mol. The van der Waals surface area contributed by atoms with Crippen LogP contribution in [0.15, 0.2) is 42.7 Å². The van der Waals surface area contributed by atoms with Crippen LogP contribution in [0.2, 0.25) is 0 Å². The van der Waals surface area contributed by atoms with E-state index in [9.17, 15) is 4.79 Å². The van der Waals surface area contributed by atoms with Crippen molar-refractivity contribution < 1.29 is 4.79 Å². The van der Waals surface area contributed by atoms with E-state index in [0.717, 1.165) is 35.9 Å². The highest BCUT2D eigenvalue weighted by molar-refractivity contribution is 7.18. The number of hydrogen-bond acceptors (Lipinski definition) is 6. The van der Waals surface area contributed by atoms with E-state index < -0.39 is 0 Å². The molecule has 1 fully saturated rings. The topological polar surface area (TPSA) is 66.6 Å². The summed E-state index contributed by atoms with van der Waals surface area (Å²) in [6.07, 6.45) is 3.52. The van der Waals surface area contributed by atoms with Gasteiger partial charge in [-0.05, 0) is 25.1 Å². The Labute approximate surface area is 166 Å². The first-order chi connectivity index (χ1) is 13.7. The van der Waals surface area contributed by atoms with Gasteiger partial charge in [0.2, 0.25) is 0 Å². The van der Waals surface area contributed by atoms with Crippen molar-refractivity contribution in [2.45, 2.75) is 13.5 Å². The molecule has 0 saturated carbocycles. The number of nitrogens with zero attached hydrogens (tertiary/aromatic N) is 6. The largest absolute Gasteiger partial charge is 0.336 e. The molecule has 1 aliphatic rings. The van der Waals surface area contributed by atoms with Crippen molar-refractivity contribution in [3.05, 3.63) is 59.0 Å². The Morgan fingerprint density at radius 1 is 1.14 bits per heavy atom. The summed E-state index contributed by atoms with van der Waals surface area (Å²) in [5.41, 5.74) is 3.02. The highest BCUT2D eigenvalue weighted by Crippen LogP contribution is 2.23. The first-order valence-corrected chi connectivity index (χ1v) is 10.2. The van der Waals surface area contributed by atoms with E-state index in [1.54, 1.807) is 22.0 Å². The molecule has 1 amide bonds. The zero-order valence-corrected chi connectivity index (χ0v) is 16.4. The second kappa shape index (κ2) is 6.96. The number of para-hydroxylation sites is 1. The normalized spacial score (nSPS) is 15.5. The van der Waals surface area contributed by atoms with Crippen molar-refractivity contribution in [1.82, 2.24) is 29.4 Å². The lowest BCUT2D eigenvalue weighted by molar-refractivity contribution is 0.0629. The molecule has 0 bridgehead atoms. The Hall–Kier alpha value is -2.84. The van der Waals surface area contributed by atoms with Crippen LogP contribution >= 0.6 is 11.3 Å². The molecule has 1 aliphatic heterocycles. The molecule has 28 heavy (non-hydrogen) atoms. The lowest BCUT2D eigenvalue weighted by atomic mass is 10.2. The third-order valence-electron chi connectivity index (χ3n) is 5.14. The number of hydrogen-bond donors (Lipinski definition) is 0. The van der Waals surface area contributed by atoms with Crippen LogP contribution in [0.5, 0.6) is 0 Å². The fourth-order valence-corrected chi connectivity index (χ4v) is 4.70. The molecule has 7 nitrogen and oxygen atoms in total. The van der Waals surface area contributed by atoms with Crippen LogP contribution < -0.4 is 0 Å². The van der Waals surface area contributed by atoms with Gasteiger partial charge in [0, 0.05) is 38.6 Å². The molecule has 3 aromatic heterocycles. The zero-order chi connectivity index (χ0) is 19.1. The summed E-state index contributed by atoms with van der Waals surface area (Å²) >= 11 is 1.75. The minimum absolute atomic E-state index is 0.0193. The van der Waals surface area contributed by atoms with Crippen molar-refractivity contribution in [1.29, 1.82) is 0 Å². The van der Waals surface area contributed by atoms with E-state index in [4.69, 9.17) is 4.98 Å². The minimum Gasteiger partial charge on any atom is -0.336 e. The first kappa shape index (κ1) is 17.3. The smallest absolute Gasteiger partial charge is 0.259 e. The maximum atomic E-state index is 13.1. The number of fused-ring (bicyclic) bond motifs is 2. The van der Waals surface area contributed by atoms with Gasteiger partial charge < -0.3 is 4.90 Å². The van der Waals surface area contributed by atoms with Crippen LogP contribution in [-0.2, 0) is 6.54 Å². The van der Waals surface area contributed by atoms with Crippen molar-refractivity contribution in [3.8, 4) is 0 Å². The summed E-state index contributed by atoms with van der Waals surface area (Å²) in [7, 11) is 0. The van der Waals surface area contributed by atoms with Gasteiger partial charge >= 0.3 is 0 Å². The van der Waals surface area contributed by atoms with E-state index in [2.05, 4.69) is 27.1 Å². The monoisotopic (exact) mass is 392 g/mol. The number of aromatic nitrogens is 4. The molecule has 0 atom stereocenters. The standard InChI is InChI=1S/C20H20N6OS/c1-14-18(19-21-7-4-8-26(19)23-14)20(27)25-11-9-24(10-12-25)13-17-22-15-5-2-3-6-16(15)28-17/h2-8H,9-13H2,1H3. The number of carbonyl (C=O) groups excluding carboxylic acids is 1. The fraction of sp³-hybridized carbons (Fsp3) is 0.300. The van der Waals surface area contributed by atoms with Gasteiger partial charge in [-0.2, -0.15) is 5.10 Å². The van der Waals surface area contributed by atoms with Gasteiger partial charge in [-0.1, -0.05) is 12.1 Å². The lowest BCUT2D eigenvalue weighted by Crippen LogP contribution is -2.48. The molecule has 4 heterocycles. The number of amides is 1. The molecule has 1 aromatic carbocycles. The number of thiazole rings is 1.